The van der Waals surface area contributed by atoms with Gasteiger partial charge in [-0.3, -0.25) is 0 Å². The van der Waals surface area contributed by atoms with E-state index in [1.54, 1.807) is 12.1 Å². The molecule has 2 aromatic rings. The van der Waals surface area contributed by atoms with Crippen molar-refractivity contribution >= 4 is 11.8 Å². The molecule has 0 aliphatic carbocycles. The summed E-state index contributed by atoms with van der Waals surface area (Å²) in [6, 6.07) is 6.40. The molecule has 4 nitrogen and oxygen atoms in total. The average molecular weight is 266 g/mol. The van der Waals surface area contributed by atoms with Crippen molar-refractivity contribution in [2.45, 2.75) is 17.3 Å². The average Bonchev–Trinajstić information content (AvgIpc) is 2.69. The fourth-order valence-corrected chi connectivity index (χ4v) is 2.57. The van der Waals surface area contributed by atoms with Gasteiger partial charge in [0.15, 0.2) is 5.16 Å². The van der Waals surface area contributed by atoms with E-state index in [2.05, 4.69) is 10.2 Å². The minimum atomic E-state index is -0.242. The Morgan fingerprint density at radius 1 is 1.33 bits per heavy atom. The van der Waals surface area contributed by atoms with Gasteiger partial charge in [0, 0.05) is 18.8 Å². The minimum absolute atomic E-state index is 0.0490. The summed E-state index contributed by atoms with van der Waals surface area (Å²) in [6.07, 6.45) is 0. The summed E-state index contributed by atoms with van der Waals surface area (Å²) in [5, 5.41) is 8.96. The van der Waals surface area contributed by atoms with E-state index in [1.807, 2.05) is 18.5 Å². The van der Waals surface area contributed by atoms with Crippen molar-refractivity contribution < 1.29 is 4.39 Å². The van der Waals surface area contributed by atoms with Crippen LogP contribution in [0.2, 0.25) is 0 Å². The number of aryl methyl sites for hydroxylation is 1. The van der Waals surface area contributed by atoms with E-state index in [4.69, 9.17) is 5.73 Å². The smallest absolute Gasteiger partial charge is 0.191 e. The third-order valence-corrected chi connectivity index (χ3v) is 4.07. The van der Waals surface area contributed by atoms with Crippen molar-refractivity contribution in [3.8, 4) is 0 Å². The van der Waals surface area contributed by atoms with Gasteiger partial charge in [0.25, 0.3) is 0 Å². The minimum Gasteiger partial charge on any atom is -0.329 e. The molecule has 0 amide bonds. The Labute approximate surface area is 109 Å². The monoisotopic (exact) mass is 266 g/mol. The predicted octanol–water partition coefficient (Wildman–Crippen LogP) is 2.05. The van der Waals surface area contributed by atoms with Crippen molar-refractivity contribution in [3.63, 3.8) is 0 Å². The molecule has 2 N–H and O–H groups in total. The highest BCUT2D eigenvalue weighted by Gasteiger charge is 2.15. The highest BCUT2D eigenvalue weighted by molar-refractivity contribution is 7.99. The third kappa shape index (κ3) is 2.70. The van der Waals surface area contributed by atoms with Gasteiger partial charge in [0.05, 0.1) is 0 Å². The number of hydrogen-bond acceptors (Lipinski definition) is 4. The zero-order chi connectivity index (χ0) is 13.1. The van der Waals surface area contributed by atoms with E-state index in [0.29, 0.717) is 6.54 Å². The van der Waals surface area contributed by atoms with Crippen LogP contribution in [-0.4, -0.2) is 21.3 Å². The van der Waals surface area contributed by atoms with Gasteiger partial charge in [0.2, 0.25) is 0 Å². The molecule has 0 fully saturated rings. The first kappa shape index (κ1) is 13.0. The molecule has 0 bridgehead atoms. The predicted molar refractivity (Wildman–Crippen MR) is 69.8 cm³/mol. The van der Waals surface area contributed by atoms with E-state index >= 15 is 0 Å². The number of aromatic nitrogens is 3. The van der Waals surface area contributed by atoms with Crippen LogP contribution >= 0.6 is 11.8 Å². The maximum absolute atomic E-state index is 12.9. The molecule has 96 valence electrons. The van der Waals surface area contributed by atoms with Gasteiger partial charge in [-0.1, -0.05) is 23.9 Å². The van der Waals surface area contributed by atoms with E-state index in [1.165, 1.54) is 23.9 Å². The molecular weight excluding hydrogens is 251 g/mol. The lowest BCUT2D eigenvalue weighted by atomic mass is 10.1. The highest BCUT2D eigenvalue weighted by Crippen LogP contribution is 2.33. The lowest BCUT2D eigenvalue weighted by Gasteiger charge is -2.14. The molecule has 0 aliphatic heterocycles. The van der Waals surface area contributed by atoms with Gasteiger partial charge < -0.3 is 10.3 Å². The Bertz CT molecular complexity index is 523. The van der Waals surface area contributed by atoms with E-state index in [-0.39, 0.29) is 11.1 Å². The SMILES string of the molecule is Cc1nnc(SC(CN)c2ccc(F)cc2)n1C. The summed E-state index contributed by atoms with van der Waals surface area (Å²) in [6.45, 7) is 2.36. The van der Waals surface area contributed by atoms with Crippen LogP contribution in [0.1, 0.15) is 16.6 Å². The second kappa shape index (κ2) is 5.49. The van der Waals surface area contributed by atoms with Crippen LogP contribution in [0, 0.1) is 12.7 Å². The van der Waals surface area contributed by atoms with Crippen molar-refractivity contribution in [2.75, 3.05) is 6.54 Å². The summed E-state index contributed by atoms with van der Waals surface area (Å²) >= 11 is 1.54. The van der Waals surface area contributed by atoms with Crippen LogP contribution in [0.3, 0.4) is 0 Å². The number of thioether (sulfide) groups is 1. The van der Waals surface area contributed by atoms with Crippen LogP contribution in [0.5, 0.6) is 0 Å². The number of rotatable bonds is 4. The van der Waals surface area contributed by atoms with Crippen molar-refractivity contribution in [1.29, 1.82) is 0 Å². The number of benzene rings is 1. The zero-order valence-electron chi connectivity index (χ0n) is 10.3. The lowest BCUT2D eigenvalue weighted by Crippen LogP contribution is -2.10. The maximum atomic E-state index is 12.9. The standard InChI is InChI=1S/C12H15FN4S/c1-8-15-16-12(17(8)2)18-11(7-14)9-3-5-10(13)6-4-9/h3-6,11H,7,14H2,1-2H3. The second-order valence-electron chi connectivity index (χ2n) is 3.98. The van der Waals surface area contributed by atoms with Crippen LogP contribution in [0.4, 0.5) is 4.39 Å². The van der Waals surface area contributed by atoms with Crippen molar-refractivity contribution in [3.05, 3.63) is 41.5 Å². The molecule has 18 heavy (non-hydrogen) atoms. The molecule has 0 aliphatic rings. The van der Waals surface area contributed by atoms with Crippen LogP contribution in [0.15, 0.2) is 29.4 Å². The summed E-state index contributed by atoms with van der Waals surface area (Å²) in [5.74, 6) is 0.612. The Hall–Kier alpha value is -1.40. The third-order valence-electron chi connectivity index (χ3n) is 2.76. The van der Waals surface area contributed by atoms with Crippen molar-refractivity contribution in [1.82, 2.24) is 14.8 Å². The van der Waals surface area contributed by atoms with Crippen LogP contribution in [0.25, 0.3) is 0 Å². The Kier molecular flexibility index (Phi) is 3.98. The van der Waals surface area contributed by atoms with Gasteiger partial charge >= 0.3 is 0 Å². The largest absolute Gasteiger partial charge is 0.329 e. The molecule has 1 unspecified atom stereocenters. The zero-order valence-corrected chi connectivity index (χ0v) is 11.1. The molecule has 0 saturated carbocycles. The van der Waals surface area contributed by atoms with E-state index in [0.717, 1.165) is 16.5 Å². The Morgan fingerprint density at radius 2 is 2.00 bits per heavy atom. The molecule has 1 aromatic carbocycles. The summed E-state index contributed by atoms with van der Waals surface area (Å²) in [4.78, 5) is 0. The Balaban J connectivity index is 2.19. The first-order chi connectivity index (χ1) is 8.61. The number of hydrogen-bond donors (Lipinski definition) is 1. The fourth-order valence-electron chi connectivity index (χ4n) is 1.55. The van der Waals surface area contributed by atoms with Gasteiger partial charge in [-0.05, 0) is 24.6 Å². The quantitative estimate of drug-likeness (QED) is 0.861. The number of nitrogens with zero attached hydrogens (tertiary/aromatic N) is 3. The van der Waals surface area contributed by atoms with Gasteiger partial charge in [-0.15, -0.1) is 10.2 Å². The molecular formula is C12H15FN4S. The van der Waals surface area contributed by atoms with E-state index in [9.17, 15) is 4.39 Å². The van der Waals surface area contributed by atoms with Gasteiger partial charge in [0.1, 0.15) is 11.6 Å². The molecule has 0 radical (unpaired) electrons. The van der Waals surface area contributed by atoms with Gasteiger partial charge in [-0.25, -0.2) is 4.39 Å². The summed E-state index contributed by atoms with van der Waals surface area (Å²) in [5.41, 5.74) is 6.77. The van der Waals surface area contributed by atoms with Crippen LogP contribution in [-0.2, 0) is 7.05 Å². The summed E-state index contributed by atoms with van der Waals surface area (Å²) in [7, 11) is 1.91. The molecule has 0 spiro atoms. The second-order valence-corrected chi connectivity index (χ2v) is 5.15. The molecule has 1 atom stereocenters. The molecule has 6 heteroatoms. The Morgan fingerprint density at radius 3 is 2.50 bits per heavy atom. The first-order valence-electron chi connectivity index (χ1n) is 5.60. The molecule has 1 aromatic heterocycles. The first-order valence-corrected chi connectivity index (χ1v) is 6.48. The maximum Gasteiger partial charge on any atom is 0.191 e. The molecule has 0 saturated heterocycles. The number of halogens is 1. The number of nitrogens with two attached hydrogens (primary N) is 1. The molecule has 2 rings (SSSR count). The lowest BCUT2D eigenvalue weighted by molar-refractivity contribution is 0.627. The van der Waals surface area contributed by atoms with Gasteiger partial charge in [-0.2, -0.15) is 0 Å². The highest BCUT2D eigenvalue weighted by atomic mass is 32.2. The normalized spacial score (nSPS) is 12.7. The van der Waals surface area contributed by atoms with Crippen molar-refractivity contribution in [2.24, 2.45) is 12.8 Å². The summed E-state index contributed by atoms with van der Waals surface area (Å²) < 4.78 is 14.8. The fraction of sp³-hybridized carbons (Fsp3) is 0.333. The topological polar surface area (TPSA) is 56.7 Å². The van der Waals surface area contributed by atoms with Crippen LogP contribution < -0.4 is 5.73 Å². The molecule has 1 heterocycles. The van der Waals surface area contributed by atoms with E-state index < -0.39 is 0 Å².